The number of rotatable bonds is 6. The first kappa shape index (κ1) is 20.2. The Morgan fingerprint density at radius 1 is 1.24 bits per heavy atom. The van der Waals surface area contributed by atoms with Crippen molar-refractivity contribution in [2.24, 2.45) is 7.05 Å². The van der Waals surface area contributed by atoms with Gasteiger partial charge in [-0.3, -0.25) is 9.36 Å². The third-order valence-corrected chi connectivity index (χ3v) is 4.88. The zero-order chi connectivity index (χ0) is 21.0. The van der Waals surface area contributed by atoms with Crippen LogP contribution in [0, 0.1) is 18.3 Å². The normalized spacial score (nSPS) is 11.4. The summed E-state index contributed by atoms with van der Waals surface area (Å²) < 4.78 is 11.5. The predicted octanol–water partition coefficient (Wildman–Crippen LogP) is 4.09. The Hall–Kier alpha value is -3.59. The number of allylic oxidation sites excluding steroid dienone is 1. The molecule has 0 bridgehead atoms. The van der Waals surface area contributed by atoms with Gasteiger partial charge in [0.25, 0.3) is 0 Å². The molecule has 0 spiro atoms. The van der Waals surface area contributed by atoms with E-state index >= 15 is 0 Å². The van der Waals surface area contributed by atoms with Crippen LogP contribution in [0.15, 0.2) is 51.7 Å². The molecular weight excluding hydrogens is 368 g/mol. The van der Waals surface area contributed by atoms with E-state index in [0.29, 0.717) is 30.4 Å². The highest BCUT2D eigenvalue weighted by molar-refractivity contribution is 5.87. The Kier molecular flexibility index (Phi) is 5.99. The molecule has 29 heavy (non-hydrogen) atoms. The number of aromatic nitrogens is 1. The van der Waals surface area contributed by atoms with Gasteiger partial charge in [0.2, 0.25) is 0 Å². The molecule has 0 aliphatic rings. The molecule has 0 aliphatic carbocycles. The third-order valence-electron chi connectivity index (χ3n) is 4.88. The van der Waals surface area contributed by atoms with Crippen molar-refractivity contribution in [1.29, 1.82) is 5.26 Å². The maximum Gasteiger partial charge on any atom is 0.419 e. The molecule has 148 valence electrons. The number of unbranched alkanes of at least 4 members (excludes halogenated alkanes) is 1. The topological polar surface area (TPSA) is 85.2 Å². The standard InChI is InChI=1S/C23H22N2O4/c1-15-12-18(13-20-22(15)29-23(27)25(20)2)19(6-4-5-7-21(26)28-3)17-10-8-16(14-24)9-11-17/h6,8-13H,4-5,7H2,1-3H3/b19-6-. The smallest absolute Gasteiger partial charge is 0.419 e. The van der Waals surface area contributed by atoms with Crippen LogP contribution in [-0.2, 0) is 16.6 Å². The molecule has 0 fully saturated rings. The van der Waals surface area contributed by atoms with Crippen molar-refractivity contribution in [3.05, 3.63) is 75.3 Å². The predicted molar refractivity (Wildman–Crippen MR) is 110 cm³/mol. The lowest BCUT2D eigenvalue weighted by Gasteiger charge is -2.11. The zero-order valence-electron chi connectivity index (χ0n) is 16.7. The van der Waals surface area contributed by atoms with Crippen molar-refractivity contribution in [3.63, 3.8) is 0 Å². The molecule has 0 unspecified atom stereocenters. The van der Waals surface area contributed by atoms with Crippen LogP contribution in [-0.4, -0.2) is 17.6 Å². The summed E-state index contributed by atoms with van der Waals surface area (Å²) >= 11 is 0. The summed E-state index contributed by atoms with van der Waals surface area (Å²) in [7, 11) is 3.06. The lowest BCUT2D eigenvalue weighted by molar-refractivity contribution is -0.140. The quantitative estimate of drug-likeness (QED) is 0.467. The molecule has 1 heterocycles. The van der Waals surface area contributed by atoms with Gasteiger partial charge >= 0.3 is 11.7 Å². The number of methoxy groups -OCH3 is 1. The zero-order valence-corrected chi connectivity index (χ0v) is 16.7. The fourth-order valence-electron chi connectivity index (χ4n) is 3.27. The van der Waals surface area contributed by atoms with Crippen LogP contribution in [0.5, 0.6) is 0 Å². The van der Waals surface area contributed by atoms with E-state index < -0.39 is 5.76 Å². The number of aryl methyl sites for hydroxylation is 2. The minimum Gasteiger partial charge on any atom is -0.469 e. The molecule has 3 rings (SSSR count). The molecule has 0 amide bonds. The highest BCUT2D eigenvalue weighted by Crippen LogP contribution is 2.29. The number of carbonyl (C=O) groups excluding carboxylic acids is 1. The average Bonchev–Trinajstić information content (AvgIpc) is 3.02. The van der Waals surface area contributed by atoms with Gasteiger partial charge in [0.15, 0.2) is 5.58 Å². The number of benzene rings is 2. The fraction of sp³-hybridized carbons (Fsp3) is 0.261. The van der Waals surface area contributed by atoms with E-state index in [1.165, 1.54) is 11.7 Å². The second-order valence-electron chi connectivity index (χ2n) is 6.84. The van der Waals surface area contributed by atoms with Crippen molar-refractivity contribution in [2.45, 2.75) is 26.2 Å². The van der Waals surface area contributed by atoms with Crippen LogP contribution < -0.4 is 5.76 Å². The molecule has 0 atom stereocenters. The maximum absolute atomic E-state index is 11.9. The van der Waals surface area contributed by atoms with Crippen molar-refractivity contribution in [1.82, 2.24) is 4.57 Å². The largest absolute Gasteiger partial charge is 0.469 e. The molecule has 6 nitrogen and oxygen atoms in total. The van der Waals surface area contributed by atoms with Crippen molar-refractivity contribution < 1.29 is 13.9 Å². The number of nitriles is 1. The fourth-order valence-corrected chi connectivity index (χ4v) is 3.27. The van der Waals surface area contributed by atoms with Crippen LogP contribution in [0.3, 0.4) is 0 Å². The second-order valence-corrected chi connectivity index (χ2v) is 6.84. The van der Waals surface area contributed by atoms with Gasteiger partial charge in [0.05, 0.1) is 24.3 Å². The van der Waals surface area contributed by atoms with Crippen molar-refractivity contribution in [2.75, 3.05) is 7.11 Å². The number of hydrogen-bond acceptors (Lipinski definition) is 5. The summed E-state index contributed by atoms with van der Waals surface area (Å²) in [6.07, 6.45) is 3.77. The summed E-state index contributed by atoms with van der Waals surface area (Å²) in [6, 6.07) is 13.4. The van der Waals surface area contributed by atoms with Crippen LogP contribution in [0.2, 0.25) is 0 Å². The van der Waals surface area contributed by atoms with Gasteiger partial charge in [-0.1, -0.05) is 18.2 Å². The summed E-state index contributed by atoms with van der Waals surface area (Å²) in [4.78, 5) is 23.3. The number of ether oxygens (including phenoxy) is 1. The summed E-state index contributed by atoms with van der Waals surface area (Å²) in [5.41, 5.74) is 5.61. The molecule has 1 aromatic heterocycles. The lowest BCUT2D eigenvalue weighted by atomic mass is 9.94. The van der Waals surface area contributed by atoms with Gasteiger partial charge < -0.3 is 9.15 Å². The summed E-state index contributed by atoms with van der Waals surface area (Å²) in [5, 5.41) is 9.07. The molecule has 3 aromatic rings. The average molecular weight is 390 g/mol. The molecule has 2 aromatic carbocycles. The van der Waals surface area contributed by atoms with Gasteiger partial charge in [0, 0.05) is 13.5 Å². The van der Waals surface area contributed by atoms with Crippen LogP contribution in [0.4, 0.5) is 0 Å². The van der Waals surface area contributed by atoms with Gasteiger partial charge in [-0.25, -0.2) is 4.79 Å². The number of oxazole rings is 1. The SMILES string of the molecule is COC(=O)CCC/C=C(/c1ccc(C#N)cc1)c1cc(C)c2oc(=O)n(C)c2c1. The Labute approximate surface area is 168 Å². The monoisotopic (exact) mass is 390 g/mol. The van der Waals surface area contributed by atoms with Crippen molar-refractivity contribution in [3.8, 4) is 6.07 Å². The van der Waals surface area contributed by atoms with Gasteiger partial charge in [-0.05, 0) is 66.3 Å². The highest BCUT2D eigenvalue weighted by Gasteiger charge is 2.13. The molecule has 0 saturated carbocycles. The molecule has 0 N–H and O–H groups in total. The molecule has 6 heteroatoms. The number of nitrogens with zero attached hydrogens (tertiary/aromatic N) is 2. The Bertz CT molecular complexity index is 1170. The van der Waals surface area contributed by atoms with E-state index in [4.69, 9.17) is 14.4 Å². The Morgan fingerprint density at radius 2 is 1.97 bits per heavy atom. The van der Waals surface area contributed by atoms with E-state index in [1.54, 1.807) is 19.2 Å². The van der Waals surface area contributed by atoms with E-state index in [-0.39, 0.29) is 5.97 Å². The first-order valence-corrected chi connectivity index (χ1v) is 9.32. The minimum absolute atomic E-state index is 0.232. The summed E-state index contributed by atoms with van der Waals surface area (Å²) in [5.74, 6) is -0.633. The second kappa shape index (κ2) is 8.61. The number of carbonyl (C=O) groups is 1. The number of hydrogen-bond donors (Lipinski definition) is 0. The third kappa shape index (κ3) is 4.30. The van der Waals surface area contributed by atoms with Crippen LogP contribution in [0.25, 0.3) is 16.7 Å². The van der Waals surface area contributed by atoms with Crippen LogP contribution in [0.1, 0.15) is 41.5 Å². The Balaban J connectivity index is 2.05. The van der Waals surface area contributed by atoms with Gasteiger partial charge in [-0.15, -0.1) is 0 Å². The highest BCUT2D eigenvalue weighted by atomic mass is 16.5. The molecule has 0 radical (unpaired) electrons. The Morgan fingerprint density at radius 3 is 2.62 bits per heavy atom. The lowest BCUT2D eigenvalue weighted by Crippen LogP contribution is -2.08. The first-order chi connectivity index (χ1) is 13.9. The van der Waals surface area contributed by atoms with E-state index in [9.17, 15) is 9.59 Å². The summed E-state index contributed by atoms with van der Waals surface area (Å²) in [6.45, 7) is 1.91. The van der Waals surface area contributed by atoms with Crippen LogP contribution >= 0.6 is 0 Å². The molecular formula is C23H22N2O4. The van der Waals surface area contributed by atoms with Gasteiger partial charge in [-0.2, -0.15) is 5.26 Å². The van der Waals surface area contributed by atoms with Crippen molar-refractivity contribution >= 4 is 22.6 Å². The minimum atomic E-state index is -0.401. The van der Waals surface area contributed by atoms with E-state index in [0.717, 1.165) is 27.8 Å². The number of esters is 1. The van der Waals surface area contributed by atoms with E-state index in [2.05, 4.69) is 12.1 Å². The molecule has 0 aliphatic heterocycles. The first-order valence-electron chi connectivity index (χ1n) is 9.32. The molecule has 0 saturated heterocycles. The van der Waals surface area contributed by atoms with E-state index in [1.807, 2.05) is 31.2 Å². The number of fused-ring (bicyclic) bond motifs is 1. The van der Waals surface area contributed by atoms with Gasteiger partial charge in [0.1, 0.15) is 0 Å². The maximum atomic E-state index is 11.9.